The maximum Gasteiger partial charge on any atom is 0.271 e. The highest BCUT2D eigenvalue weighted by Gasteiger charge is 2.37. The maximum atomic E-state index is 12.7. The number of amides is 1. The highest BCUT2D eigenvalue weighted by Crippen LogP contribution is 2.39. The summed E-state index contributed by atoms with van der Waals surface area (Å²) in [5.74, 6) is -0.0760. The molecule has 0 saturated heterocycles. The fourth-order valence-electron chi connectivity index (χ4n) is 3.34. The number of rotatable bonds is 5. The van der Waals surface area contributed by atoms with E-state index in [0.29, 0.717) is 12.2 Å². The first-order valence-corrected chi connectivity index (χ1v) is 9.05. The van der Waals surface area contributed by atoms with Crippen LogP contribution in [-0.4, -0.2) is 17.4 Å². The van der Waals surface area contributed by atoms with E-state index in [4.69, 9.17) is 5.73 Å². The van der Waals surface area contributed by atoms with Crippen molar-refractivity contribution in [2.45, 2.75) is 44.6 Å². The normalized spacial score (nSPS) is 15.8. The molecule has 1 aromatic carbocycles. The number of nitrogens with two attached hydrogens (primary N) is 1. The van der Waals surface area contributed by atoms with Gasteiger partial charge < -0.3 is 11.1 Å². The maximum absolute atomic E-state index is 12.7. The van der Waals surface area contributed by atoms with Crippen molar-refractivity contribution in [1.82, 2.24) is 10.3 Å². The summed E-state index contributed by atoms with van der Waals surface area (Å²) in [6.07, 6.45) is 4.98. The SMILES string of the molecule is Cc1cccc(C2(NC(=O)c3csc(CCN)n3)CCCC2)c1.Cl. The Kier molecular flexibility index (Phi) is 6.38. The van der Waals surface area contributed by atoms with E-state index in [1.165, 1.54) is 22.5 Å². The second-order valence-corrected chi connectivity index (χ2v) is 7.22. The fraction of sp³-hybridized carbons (Fsp3) is 0.444. The molecule has 0 radical (unpaired) electrons. The van der Waals surface area contributed by atoms with Gasteiger partial charge in [0, 0.05) is 11.8 Å². The Balaban J connectivity index is 0.00000208. The number of hydrogen-bond donors (Lipinski definition) is 2. The number of nitrogens with zero attached hydrogens (tertiary/aromatic N) is 1. The minimum absolute atomic E-state index is 0. The molecule has 1 aliphatic carbocycles. The predicted molar refractivity (Wildman–Crippen MR) is 101 cm³/mol. The number of carbonyl (C=O) groups is 1. The van der Waals surface area contributed by atoms with Crippen LogP contribution >= 0.6 is 23.7 Å². The van der Waals surface area contributed by atoms with Gasteiger partial charge in [-0.2, -0.15) is 0 Å². The minimum atomic E-state index is -0.249. The van der Waals surface area contributed by atoms with Crippen molar-refractivity contribution in [1.29, 1.82) is 0 Å². The standard InChI is InChI=1S/C18H23N3OS.ClH/c1-13-5-4-6-14(11-13)18(8-2-3-9-18)21-17(22)15-12-23-16(20-15)7-10-19;/h4-6,11-12H,2-3,7-10,19H2,1H3,(H,21,22);1H. The van der Waals surface area contributed by atoms with Crippen LogP contribution in [0.25, 0.3) is 0 Å². The van der Waals surface area contributed by atoms with Crippen LogP contribution in [-0.2, 0) is 12.0 Å². The van der Waals surface area contributed by atoms with E-state index in [9.17, 15) is 4.79 Å². The number of hydrogen-bond acceptors (Lipinski definition) is 4. The Morgan fingerprint density at radius 2 is 2.12 bits per heavy atom. The van der Waals surface area contributed by atoms with Gasteiger partial charge in [-0.05, 0) is 31.9 Å². The molecule has 130 valence electrons. The van der Waals surface area contributed by atoms with Crippen molar-refractivity contribution in [2.75, 3.05) is 6.54 Å². The van der Waals surface area contributed by atoms with Gasteiger partial charge in [0.2, 0.25) is 0 Å². The highest BCUT2D eigenvalue weighted by atomic mass is 35.5. The quantitative estimate of drug-likeness (QED) is 0.851. The van der Waals surface area contributed by atoms with E-state index < -0.39 is 0 Å². The molecule has 1 heterocycles. The number of carbonyl (C=O) groups excluding carboxylic acids is 1. The zero-order valence-corrected chi connectivity index (χ0v) is 15.5. The van der Waals surface area contributed by atoms with E-state index in [1.807, 2.05) is 5.38 Å². The van der Waals surface area contributed by atoms with Gasteiger partial charge in [0.05, 0.1) is 10.5 Å². The molecule has 3 N–H and O–H groups in total. The minimum Gasteiger partial charge on any atom is -0.341 e. The van der Waals surface area contributed by atoms with Gasteiger partial charge in [-0.15, -0.1) is 23.7 Å². The van der Waals surface area contributed by atoms with Crippen LogP contribution < -0.4 is 11.1 Å². The van der Waals surface area contributed by atoms with Crippen LogP contribution in [0.1, 0.15) is 52.3 Å². The summed E-state index contributed by atoms with van der Waals surface area (Å²) >= 11 is 1.51. The second kappa shape index (κ2) is 8.10. The molecule has 1 aliphatic rings. The molecule has 0 aliphatic heterocycles. The predicted octanol–water partition coefficient (Wildman–Crippen LogP) is 3.57. The smallest absolute Gasteiger partial charge is 0.271 e. The molecule has 0 unspecified atom stereocenters. The third-order valence-electron chi connectivity index (χ3n) is 4.52. The number of aryl methyl sites for hydroxylation is 1. The van der Waals surface area contributed by atoms with Crippen LogP contribution in [0.5, 0.6) is 0 Å². The van der Waals surface area contributed by atoms with Gasteiger partial charge in [0.15, 0.2) is 0 Å². The van der Waals surface area contributed by atoms with E-state index in [2.05, 4.69) is 41.5 Å². The monoisotopic (exact) mass is 365 g/mol. The lowest BCUT2D eigenvalue weighted by Crippen LogP contribution is -2.44. The van der Waals surface area contributed by atoms with Crippen molar-refractivity contribution < 1.29 is 4.79 Å². The molecule has 6 heteroatoms. The summed E-state index contributed by atoms with van der Waals surface area (Å²) in [5, 5.41) is 6.04. The molecule has 1 aromatic heterocycles. The lowest BCUT2D eigenvalue weighted by atomic mass is 9.87. The van der Waals surface area contributed by atoms with Crippen LogP contribution in [0.2, 0.25) is 0 Å². The number of benzene rings is 1. The Morgan fingerprint density at radius 3 is 2.79 bits per heavy atom. The Hall–Kier alpha value is -1.43. The first-order chi connectivity index (χ1) is 11.1. The summed E-state index contributed by atoms with van der Waals surface area (Å²) < 4.78 is 0. The van der Waals surface area contributed by atoms with E-state index >= 15 is 0 Å². The molecule has 4 nitrogen and oxygen atoms in total. The molecule has 1 fully saturated rings. The van der Waals surface area contributed by atoms with Gasteiger partial charge in [-0.3, -0.25) is 4.79 Å². The van der Waals surface area contributed by atoms with Crippen LogP contribution in [0, 0.1) is 6.92 Å². The summed E-state index contributed by atoms with van der Waals surface area (Å²) in [6, 6.07) is 8.47. The zero-order valence-electron chi connectivity index (χ0n) is 13.9. The Labute approximate surface area is 153 Å². The second-order valence-electron chi connectivity index (χ2n) is 6.28. The molecular weight excluding hydrogens is 342 g/mol. The molecule has 2 aromatic rings. The molecule has 0 bridgehead atoms. The first-order valence-electron chi connectivity index (χ1n) is 8.17. The molecule has 3 rings (SSSR count). The number of nitrogens with one attached hydrogen (secondary N) is 1. The first kappa shape index (κ1) is 18.9. The molecule has 0 spiro atoms. The highest BCUT2D eigenvalue weighted by molar-refractivity contribution is 7.09. The largest absolute Gasteiger partial charge is 0.341 e. The van der Waals surface area contributed by atoms with Gasteiger partial charge in [-0.1, -0.05) is 42.7 Å². The van der Waals surface area contributed by atoms with E-state index in [-0.39, 0.29) is 23.9 Å². The fourth-order valence-corrected chi connectivity index (χ4v) is 4.14. The van der Waals surface area contributed by atoms with Crippen molar-refractivity contribution in [3.8, 4) is 0 Å². The van der Waals surface area contributed by atoms with Gasteiger partial charge in [0.25, 0.3) is 5.91 Å². The average molecular weight is 366 g/mol. The molecule has 1 saturated carbocycles. The van der Waals surface area contributed by atoms with Crippen molar-refractivity contribution in [3.63, 3.8) is 0 Å². The lowest BCUT2D eigenvalue weighted by molar-refractivity contribution is 0.0893. The number of aromatic nitrogens is 1. The summed E-state index contributed by atoms with van der Waals surface area (Å²) in [7, 11) is 0. The topological polar surface area (TPSA) is 68.0 Å². The van der Waals surface area contributed by atoms with E-state index in [0.717, 1.165) is 37.1 Å². The van der Waals surface area contributed by atoms with Gasteiger partial charge in [-0.25, -0.2) is 4.98 Å². The van der Waals surface area contributed by atoms with Crippen molar-refractivity contribution in [2.24, 2.45) is 5.73 Å². The molecular formula is C18H24ClN3OS. The Morgan fingerprint density at radius 1 is 1.38 bits per heavy atom. The van der Waals surface area contributed by atoms with Gasteiger partial charge >= 0.3 is 0 Å². The molecule has 1 amide bonds. The molecule has 0 atom stereocenters. The zero-order chi connectivity index (χ0) is 16.3. The number of thiazole rings is 1. The van der Waals surface area contributed by atoms with Crippen LogP contribution in [0.4, 0.5) is 0 Å². The third kappa shape index (κ3) is 3.97. The summed E-state index contributed by atoms with van der Waals surface area (Å²) in [6.45, 7) is 2.65. The third-order valence-corrected chi connectivity index (χ3v) is 5.43. The van der Waals surface area contributed by atoms with Crippen molar-refractivity contribution >= 4 is 29.7 Å². The summed E-state index contributed by atoms with van der Waals surface area (Å²) in [4.78, 5) is 17.1. The van der Waals surface area contributed by atoms with E-state index in [1.54, 1.807) is 0 Å². The average Bonchev–Trinajstić information content (AvgIpc) is 3.18. The van der Waals surface area contributed by atoms with Crippen LogP contribution in [0.3, 0.4) is 0 Å². The van der Waals surface area contributed by atoms with Crippen molar-refractivity contribution in [3.05, 3.63) is 51.5 Å². The van der Waals surface area contributed by atoms with Gasteiger partial charge in [0.1, 0.15) is 5.69 Å². The number of halogens is 1. The summed E-state index contributed by atoms with van der Waals surface area (Å²) in [5.41, 5.74) is 8.25. The Bertz CT molecular complexity index is 695. The molecule has 24 heavy (non-hydrogen) atoms. The van der Waals surface area contributed by atoms with Crippen LogP contribution in [0.15, 0.2) is 29.6 Å². The lowest BCUT2D eigenvalue weighted by Gasteiger charge is -2.31.